The standard InChI is InChI=1S/C42H49F2N9O5/c1-42(2,58)29-20-31-25(18-32(29)46-40(56)37-30(44)19-26(43)21-45-37)23-52(48-31)28-10-8-24(9-11-28)22-49(3)27-14-16-51(17-15-27)33-6-5-7-34-38(33)50(4)41(57)53(34)35-12-13-36(54)47-39(35)55/h5-7,18-21,23-24,27-28,35,58H,8-17,22H2,1-4H3,(H,46,56)(H,47,54,55). The summed E-state index contributed by atoms with van der Waals surface area (Å²) in [6, 6.07) is 9.81. The molecule has 2 aromatic carbocycles. The number of amides is 3. The number of nitrogens with one attached hydrogen (secondary N) is 2. The number of imide groups is 1. The third-order valence-electron chi connectivity index (χ3n) is 12.4. The van der Waals surface area contributed by atoms with Gasteiger partial charge in [-0.1, -0.05) is 6.07 Å². The Kier molecular flexibility index (Phi) is 10.4. The number of para-hydroxylation sites is 1. The van der Waals surface area contributed by atoms with Crippen molar-refractivity contribution < 1.29 is 28.3 Å². The number of hydrogen-bond acceptors (Lipinski definition) is 9. The van der Waals surface area contributed by atoms with E-state index in [-0.39, 0.29) is 24.1 Å². The molecule has 3 N–H and O–H groups in total. The van der Waals surface area contributed by atoms with E-state index < -0.39 is 40.8 Å². The van der Waals surface area contributed by atoms with Gasteiger partial charge in [0.1, 0.15) is 11.9 Å². The van der Waals surface area contributed by atoms with E-state index in [1.165, 1.54) is 4.57 Å². The zero-order chi connectivity index (χ0) is 41.0. The summed E-state index contributed by atoms with van der Waals surface area (Å²) in [5.41, 5.74) is 1.67. The molecular weight excluding hydrogens is 749 g/mol. The number of aliphatic hydroxyl groups is 1. The number of benzene rings is 2. The maximum absolute atomic E-state index is 14.3. The molecule has 3 fully saturated rings. The van der Waals surface area contributed by atoms with Gasteiger partial charge in [0.15, 0.2) is 11.5 Å². The van der Waals surface area contributed by atoms with Crippen molar-refractivity contribution in [1.29, 1.82) is 0 Å². The first kappa shape index (κ1) is 39.4. The van der Waals surface area contributed by atoms with Crippen molar-refractivity contribution in [2.45, 2.75) is 88.9 Å². The lowest BCUT2D eigenvalue weighted by molar-refractivity contribution is -0.135. The van der Waals surface area contributed by atoms with Gasteiger partial charge < -0.3 is 20.2 Å². The summed E-state index contributed by atoms with van der Waals surface area (Å²) in [5, 5.41) is 21.7. The first-order valence-electron chi connectivity index (χ1n) is 20.0. The van der Waals surface area contributed by atoms with E-state index in [0.717, 1.165) is 80.9 Å². The van der Waals surface area contributed by atoms with Crippen LogP contribution >= 0.6 is 0 Å². The molecule has 58 heavy (non-hydrogen) atoms. The molecule has 3 aromatic heterocycles. The topological polar surface area (TPSA) is 160 Å². The minimum absolute atomic E-state index is 0.196. The molecule has 3 aliphatic rings. The lowest BCUT2D eigenvalue weighted by Crippen LogP contribution is -2.45. The van der Waals surface area contributed by atoms with Gasteiger partial charge >= 0.3 is 5.69 Å². The molecule has 0 bridgehead atoms. The molecule has 5 heterocycles. The third kappa shape index (κ3) is 7.50. The molecule has 0 radical (unpaired) electrons. The van der Waals surface area contributed by atoms with Crippen LogP contribution in [0.3, 0.4) is 0 Å². The van der Waals surface area contributed by atoms with Crippen LogP contribution in [-0.4, -0.2) is 84.4 Å². The number of hydrogen-bond donors (Lipinski definition) is 3. The van der Waals surface area contributed by atoms with Crippen LogP contribution in [0.2, 0.25) is 0 Å². The lowest BCUT2D eigenvalue weighted by Gasteiger charge is -2.40. The number of rotatable bonds is 9. The van der Waals surface area contributed by atoms with Gasteiger partial charge in [0.25, 0.3) is 5.91 Å². The van der Waals surface area contributed by atoms with E-state index >= 15 is 0 Å². The van der Waals surface area contributed by atoms with Gasteiger partial charge in [-0.2, -0.15) is 5.10 Å². The summed E-state index contributed by atoms with van der Waals surface area (Å²) in [7, 11) is 3.96. The quantitative estimate of drug-likeness (QED) is 0.172. The van der Waals surface area contributed by atoms with E-state index in [9.17, 15) is 33.1 Å². The number of carbonyl (C=O) groups is 3. The highest BCUT2D eigenvalue weighted by Gasteiger charge is 2.34. The Morgan fingerprint density at radius 2 is 1.78 bits per heavy atom. The van der Waals surface area contributed by atoms with Crippen molar-refractivity contribution >= 4 is 51.0 Å². The summed E-state index contributed by atoms with van der Waals surface area (Å²) in [4.78, 5) is 59.4. The van der Waals surface area contributed by atoms with E-state index in [1.807, 2.05) is 29.1 Å². The minimum atomic E-state index is -1.35. The molecule has 0 spiro atoms. The number of nitrogens with zero attached hydrogens (tertiary/aromatic N) is 7. The summed E-state index contributed by atoms with van der Waals surface area (Å²) in [6.45, 7) is 5.86. The fraction of sp³-hybridized carbons (Fsp3) is 0.476. The fourth-order valence-corrected chi connectivity index (χ4v) is 9.25. The SMILES string of the molecule is CN(CC1CCC(n2cc3cc(NC(=O)c4ncc(F)cc4F)c(C(C)(C)O)cc3n2)CC1)C1CCN(c2cccc3c2n(C)c(=O)n3C2CCC(=O)NC2=O)CC1. The second-order valence-corrected chi connectivity index (χ2v) is 16.7. The van der Waals surface area contributed by atoms with E-state index in [1.54, 1.807) is 37.6 Å². The zero-order valence-electron chi connectivity index (χ0n) is 33.2. The van der Waals surface area contributed by atoms with Crippen LogP contribution in [0.4, 0.5) is 20.2 Å². The molecule has 1 aliphatic carbocycles. The van der Waals surface area contributed by atoms with Gasteiger partial charge in [0.05, 0.1) is 40.1 Å². The van der Waals surface area contributed by atoms with Crippen molar-refractivity contribution in [3.8, 4) is 0 Å². The Bertz CT molecular complexity index is 2470. The Hall–Kier alpha value is -5.48. The van der Waals surface area contributed by atoms with Gasteiger partial charge in [-0.25, -0.2) is 18.6 Å². The molecular formula is C42H49F2N9O5. The smallest absolute Gasteiger partial charge is 0.329 e. The van der Waals surface area contributed by atoms with Crippen molar-refractivity contribution in [2.24, 2.45) is 13.0 Å². The average Bonchev–Trinajstić information content (AvgIpc) is 3.71. The molecule has 1 saturated carbocycles. The summed E-state index contributed by atoms with van der Waals surface area (Å²) in [5.74, 6) is -3.02. The van der Waals surface area contributed by atoms with Gasteiger partial charge in [-0.15, -0.1) is 0 Å². The van der Waals surface area contributed by atoms with E-state index in [2.05, 4.69) is 32.5 Å². The Morgan fingerprint density at radius 1 is 1.03 bits per heavy atom. The van der Waals surface area contributed by atoms with Gasteiger partial charge in [-0.05, 0) is 96.0 Å². The number of aromatic nitrogens is 5. The van der Waals surface area contributed by atoms with Crippen molar-refractivity contribution in [3.63, 3.8) is 0 Å². The average molecular weight is 798 g/mol. The zero-order valence-corrected chi connectivity index (χ0v) is 33.2. The largest absolute Gasteiger partial charge is 0.386 e. The predicted octanol–water partition coefficient (Wildman–Crippen LogP) is 5.15. The van der Waals surface area contributed by atoms with E-state index in [0.29, 0.717) is 46.7 Å². The molecule has 306 valence electrons. The minimum Gasteiger partial charge on any atom is -0.386 e. The number of carbonyl (C=O) groups excluding carboxylic acids is 3. The number of pyridine rings is 1. The van der Waals surface area contributed by atoms with Gasteiger partial charge in [0.2, 0.25) is 11.8 Å². The van der Waals surface area contributed by atoms with Crippen LogP contribution in [0, 0.1) is 17.6 Å². The monoisotopic (exact) mass is 797 g/mol. The Morgan fingerprint density at radius 3 is 2.47 bits per heavy atom. The highest BCUT2D eigenvalue weighted by atomic mass is 19.1. The second kappa shape index (κ2) is 15.4. The molecule has 14 nitrogen and oxygen atoms in total. The second-order valence-electron chi connectivity index (χ2n) is 16.7. The molecule has 16 heteroatoms. The number of imidazole rings is 1. The van der Waals surface area contributed by atoms with Crippen LogP contribution in [0.5, 0.6) is 0 Å². The molecule has 2 aliphatic heterocycles. The predicted molar refractivity (Wildman–Crippen MR) is 215 cm³/mol. The number of piperidine rings is 2. The number of halogens is 2. The summed E-state index contributed by atoms with van der Waals surface area (Å²) >= 11 is 0. The van der Waals surface area contributed by atoms with Crippen molar-refractivity contribution in [3.05, 3.63) is 82.2 Å². The molecule has 3 amide bonds. The van der Waals surface area contributed by atoms with E-state index in [4.69, 9.17) is 5.10 Å². The molecule has 5 aromatic rings. The highest BCUT2D eigenvalue weighted by molar-refractivity contribution is 6.05. The highest BCUT2D eigenvalue weighted by Crippen LogP contribution is 2.37. The van der Waals surface area contributed by atoms with Crippen molar-refractivity contribution in [2.75, 3.05) is 36.9 Å². The number of aryl methyl sites for hydroxylation is 1. The van der Waals surface area contributed by atoms with Crippen LogP contribution in [0.1, 0.15) is 93.3 Å². The lowest BCUT2D eigenvalue weighted by atomic mass is 9.85. The number of anilines is 2. The summed E-state index contributed by atoms with van der Waals surface area (Å²) < 4.78 is 32.9. The van der Waals surface area contributed by atoms with Crippen LogP contribution in [-0.2, 0) is 22.2 Å². The first-order valence-corrected chi connectivity index (χ1v) is 20.0. The Balaban J connectivity index is 0.885. The van der Waals surface area contributed by atoms with Crippen molar-refractivity contribution in [1.82, 2.24) is 34.1 Å². The molecule has 1 unspecified atom stereocenters. The molecule has 1 atom stereocenters. The summed E-state index contributed by atoms with van der Waals surface area (Å²) in [6.07, 6.45) is 9.21. The van der Waals surface area contributed by atoms with Gasteiger partial charge in [-0.3, -0.25) is 33.5 Å². The fourth-order valence-electron chi connectivity index (χ4n) is 9.25. The van der Waals surface area contributed by atoms with Crippen LogP contribution < -0.4 is 21.2 Å². The molecule has 2 saturated heterocycles. The first-order chi connectivity index (χ1) is 27.7. The normalized spacial score (nSPS) is 21.0. The number of fused-ring (bicyclic) bond motifs is 2. The molecule has 8 rings (SSSR count). The van der Waals surface area contributed by atoms with Gasteiger partial charge in [0, 0.05) is 68.0 Å². The maximum Gasteiger partial charge on any atom is 0.329 e. The maximum atomic E-state index is 14.3. The van der Waals surface area contributed by atoms with Crippen LogP contribution in [0.15, 0.2) is 53.6 Å². The Labute approximate surface area is 333 Å². The van der Waals surface area contributed by atoms with Crippen LogP contribution in [0.25, 0.3) is 21.9 Å². The third-order valence-corrected chi connectivity index (χ3v) is 12.4.